The van der Waals surface area contributed by atoms with Crippen LogP contribution >= 0.6 is 11.8 Å². The topological polar surface area (TPSA) is 70.7 Å². The van der Waals surface area contributed by atoms with Gasteiger partial charge in [0.15, 0.2) is 0 Å². The van der Waals surface area contributed by atoms with E-state index in [0.717, 1.165) is 17.9 Å². The lowest BCUT2D eigenvalue weighted by Gasteiger charge is -2.17. The molecule has 1 heterocycles. The van der Waals surface area contributed by atoms with Crippen molar-refractivity contribution in [3.05, 3.63) is 35.7 Å². The number of benzene rings is 1. The second-order valence-corrected chi connectivity index (χ2v) is 6.66. The predicted octanol–water partition coefficient (Wildman–Crippen LogP) is 3.75. The van der Waals surface area contributed by atoms with Crippen molar-refractivity contribution in [3.63, 3.8) is 0 Å². The highest BCUT2D eigenvalue weighted by Gasteiger charge is 2.18. The fourth-order valence-electron chi connectivity index (χ4n) is 2.08. The first kappa shape index (κ1) is 16.5. The Morgan fingerprint density at radius 2 is 2.09 bits per heavy atom. The van der Waals surface area contributed by atoms with E-state index in [1.807, 2.05) is 32.0 Å². The Hall–Kier alpha value is -1.82. The predicted molar refractivity (Wildman–Crippen MR) is 90.2 cm³/mol. The Morgan fingerprint density at radius 1 is 1.36 bits per heavy atom. The molecule has 0 spiro atoms. The van der Waals surface area contributed by atoms with Crippen LogP contribution in [0.25, 0.3) is 0 Å². The highest BCUT2D eigenvalue weighted by Crippen LogP contribution is 2.27. The molecule has 118 valence electrons. The maximum Gasteiger partial charge on any atom is 0.237 e. The smallest absolute Gasteiger partial charge is 0.237 e. The van der Waals surface area contributed by atoms with Gasteiger partial charge in [-0.2, -0.15) is 0 Å². The van der Waals surface area contributed by atoms with Crippen molar-refractivity contribution < 1.29 is 4.79 Å². The Labute approximate surface area is 135 Å². The number of aryl methyl sites for hydroxylation is 1. The summed E-state index contributed by atoms with van der Waals surface area (Å²) in [4.78, 5) is 16.6. The van der Waals surface area contributed by atoms with Crippen LogP contribution in [0.15, 0.2) is 29.4 Å². The number of nitrogens with zero attached hydrogens (tertiary/aromatic N) is 2. The Kier molecular flexibility index (Phi) is 5.60. The lowest BCUT2D eigenvalue weighted by atomic mass is 9.97. The lowest BCUT2D eigenvalue weighted by molar-refractivity contribution is -0.115. The molecule has 1 amide bonds. The minimum Gasteiger partial charge on any atom is -0.325 e. The van der Waals surface area contributed by atoms with E-state index >= 15 is 0 Å². The maximum atomic E-state index is 12.4. The molecule has 2 rings (SSSR count). The molecule has 2 atom stereocenters. The standard InChI is InChI=1S/C16H22N4OS/c1-5-10(2)13-8-6-7-9-14(13)18-15(21)11(3)22-16-17-12(4)19-20-16/h6-11H,5H2,1-4H3,(H,18,21)(H,17,19,20). The van der Waals surface area contributed by atoms with Gasteiger partial charge in [0.25, 0.3) is 0 Å². The van der Waals surface area contributed by atoms with E-state index in [1.165, 1.54) is 17.3 Å². The molecule has 2 N–H and O–H groups in total. The molecule has 0 saturated heterocycles. The number of para-hydroxylation sites is 1. The molecule has 2 unspecified atom stereocenters. The fourth-order valence-corrected chi connectivity index (χ4v) is 2.85. The molecule has 0 aliphatic heterocycles. The first-order chi connectivity index (χ1) is 10.5. The maximum absolute atomic E-state index is 12.4. The number of hydrogen-bond donors (Lipinski definition) is 2. The summed E-state index contributed by atoms with van der Waals surface area (Å²) in [5.74, 6) is 1.12. The van der Waals surface area contributed by atoms with Gasteiger partial charge in [0.2, 0.25) is 11.1 Å². The van der Waals surface area contributed by atoms with E-state index in [1.54, 1.807) is 0 Å². The molecule has 0 aliphatic rings. The van der Waals surface area contributed by atoms with Crippen LogP contribution in [0, 0.1) is 6.92 Å². The van der Waals surface area contributed by atoms with Crippen LogP contribution in [0.3, 0.4) is 0 Å². The molecule has 0 radical (unpaired) electrons. The second kappa shape index (κ2) is 7.45. The van der Waals surface area contributed by atoms with Gasteiger partial charge in [0.05, 0.1) is 5.25 Å². The van der Waals surface area contributed by atoms with Gasteiger partial charge >= 0.3 is 0 Å². The molecule has 2 aromatic rings. The normalized spacial score (nSPS) is 13.6. The average molecular weight is 318 g/mol. The molecule has 22 heavy (non-hydrogen) atoms. The summed E-state index contributed by atoms with van der Waals surface area (Å²) < 4.78 is 0. The summed E-state index contributed by atoms with van der Waals surface area (Å²) >= 11 is 1.35. The van der Waals surface area contributed by atoms with E-state index in [9.17, 15) is 4.79 Å². The number of H-pyrrole nitrogens is 1. The van der Waals surface area contributed by atoms with E-state index in [4.69, 9.17) is 0 Å². The van der Waals surface area contributed by atoms with Crippen molar-refractivity contribution in [2.75, 3.05) is 5.32 Å². The quantitative estimate of drug-likeness (QED) is 0.796. The van der Waals surface area contributed by atoms with Gasteiger partial charge in [0, 0.05) is 5.69 Å². The number of hydrogen-bond acceptors (Lipinski definition) is 4. The van der Waals surface area contributed by atoms with Crippen LogP contribution in [0.4, 0.5) is 5.69 Å². The SMILES string of the molecule is CCC(C)c1ccccc1NC(=O)C(C)Sc1n[nH]c(C)n1. The second-order valence-electron chi connectivity index (χ2n) is 5.35. The number of nitrogens with one attached hydrogen (secondary N) is 2. The first-order valence-electron chi connectivity index (χ1n) is 7.46. The number of anilines is 1. The van der Waals surface area contributed by atoms with Gasteiger partial charge in [-0.3, -0.25) is 9.89 Å². The third-order valence-corrected chi connectivity index (χ3v) is 4.55. The summed E-state index contributed by atoms with van der Waals surface area (Å²) in [6.07, 6.45) is 1.04. The number of rotatable bonds is 6. The summed E-state index contributed by atoms with van der Waals surface area (Å²) in [5, 5.41) is 10.2. The van der Waals surface area contributed by atoms with Crippen molar-refractivity contribution in [2.45, 2.75) is 50.4 Å². The fraction of sp³-hybridized carbons (Fsp3) is 0.438. The zero-order valence-electron chi connectivity index (χ0n) is 13.4. The molecular weight excluding hydrogens is 296 g/mol. The van der Waals surface area contributed by atoms with Crippen LogP contribution < -0.4 is 5.32 Å². The summed E-state index contributed by atoms with van der Waals surface area (Å²) in [6.45, 7) is 8.01. The minimum absolute atomic E-state index is 0.0387. The van der Waals surface area contributed by atoms with Crippen molar-refractivity contribution >= 4 is 23.4 Å². The number of amides is 1. The molecule has 0 fully saturated rings. The van der Waals surface area contributed by atoms with Gasteiger partial charge in [-0.1, -0.05) is 43.8 Å². The molecule has 1 aromatic heterocycles. The first-order valence-corrected chi connectivity index (χ1v) is 8.34. The van der Waals surface area contributed by atoms with Gasteiger partial charge < -0.3 is 5.32 Å². The van der Waals surface area contributed by atoms with Gasteiger partial charge in [0.1, 0.15) is 5.82 Å². The lowest BCUT2D eigenvalue weighted by Crippen LogP contribution is -2.23. The highest BCUT2D eigenvalue weighted by atomic mass is 32.2. The van der Waals surface area contributed by atoms with Gasteiger partial charge in [-0.25, -0.2) is 4.98 Å². The molecule has 5 nitrogen and oxygen atoms in total. The highest BCUT2D eigenvalue weighted by molar-refractivity contribution is 8.00. The van der Waals surface area contributed by atoms with Crippen LogP contribution in [0.2, 0.25) is 0 Å². The Balaban J connectivity index is 2.05. The number of aromatic amines is 1. The van der Waals surface area contributed by atoms with E-state index in [2.05, 4.69) is 40.4 Å². The summed E-state index contributed by atoms with van der Waals surface area (Å²) in [6, 6.07) is 7.97. The molecular formula is C16H22N4OS. The van der Waals surface area contributed by atoms with Crippen LogP contribution in [-0.4, -0.2) is 26.3 Å². The largest absolute Gasteiger partial charge is 0.325 e. The van der Waals surface area contributed by atoms with Crippen molar-refractivity contribution in [1.82, 2.24) is 15.2 Å². The van der Waals surface area contributed by atoms with Crippen molar-refractivity contribution in [1.29, 1.82) is 0 Å². The van der Waals surface area contributed by atoms with E-state index in [0.29, 0.717) is 11.1 Å². The number of carbonyl (C=O) groups excluding carboxylic acids is 1. The van der Waals surface area contributed by atoms with Crippen molar-refractivity contribution in [2.24, 2.45) is 0 Å². The van der Waals surface area contributed by atoms with Crippen LogP contribution in [0.5, 0.6) is 0 Å². The number of thioether (sulfide) groups is 1. The Bertz CT molecular complexity index is 641. The van der Waals surface area contributed by atoms with E-state index < -0.39 is 0 Å². The van der Waals surface area contributed by atoms with Crippen molar-refractivity contribution in [3.8, 4) is 0 Å². The molecule has 0 aliphatic carbocycles. The van der Waals surface area contributed by atoms with Crippen LogP contribution in [0.1, 0.15) is 44.5 Å². The average Bonchev–Trinajstić information content (AvgIpc) is 2.92. The third kappa shape index (κ3) is 4.10. The zero-order chi connectivity index (χ0) is 16.1. The monoisotopic (exact) mass is 318 g/mol. The molecule has 0 bridgehead atoms. The Morgan fingerprint density at radius 3 is 2.73 bits per heavy atom. The van der Waals surface area contributed by atoms with E-state index in [-0.39, 0.29) is 11.2 Å². The zero-order valence-corrected chi connectivity index (χ0v) is 14.2. The summed E-state index contributed by atoms with van der Waals surface area (Å²) in [5.41, 5.74) is 2.06. The minimum atomic E-state index is -0.264. The number of carbonyl (C=O) groups is 1. The molecule has 6 heteroatoms. The summed E-state index contributed by atoms with van der Waals surface area (Å²) in [7, 11) is 0. The van der Waals surface area contributed by atoms with Crippen LogP contribution in [-0.2, 0) is 4.79 Å². The third-order valence-electron chi connectivity index (χ3n) is 3.59. The molecule has 1 aromatic carbocycles. The van der Waals surface area contributed by atoms with Gasteiger partial charge in [-0.15, -0.1) is 5.10 Å². The molecule has 0 saturated carbocycles. The van der Waals surface area contributed by atoms with Gasteiger partial charge in [-0.05, 0) is 37.8 Å². The number of aromatic nitrogens is 3.